The molecule has 3 aromatic rings. The van der Waals surface area contributed by atoms with Crippen LogP contribution in [-0.2, 0) is 10.8 Å². The molecule has 0 amide bonds. The third-order valence-corrected chi connectivity index (χ3v) is 5.20. The molecule has 5 heteroatoms. The van der Waals surface area contributed by atoms with E-state index in [4.69, 9.17) is 0 Å². The zero-order chi connectivity index (χ0) is 14.8. The van der Waals surface area contributed by atoms with Gasteiger partial charge in [-0.25, -0.2) is 4.98 Å². The highest BCUT2D eigenvalue weighted by Crippen LogP contribution is 2.30. The van der Waals surface area contributed by atoms with Crippen molar-refractivity contribution < 1.29 is 4.21 Å². The number of nitrogens with one attached hydrogen (secondary N) is 1. The summed E-state index contributed by atoms with van der Waals surface area (Å²) in [5.74, 6) is 0.203. The van der Waals surface area contributed by atoms with Gasteiger partial charge in [-0.05, 0) is 30.2 Å². The average molecular weight is 299 g/mol. The van der Waals surface area contributed by atoms with Crippen molar-refractivity contribution in [3.63, 3.8) is 0 Å². The Morgan fingerprint density at radius 2 is 1.86 bits per heavy atom. The SMILES string of the molecule is CC(C)C(c1ccccn1)S(=O)c1nc2ccccc2[nH]1. The number of imidazole rings is 1. The lowest BCUT2D eigenvalue weighted by Crippen LogP contribution is -2.15. The van der Waals surface area contributed by atoms with Gasteiger partial charge in [0.15, 0.2) is 5.16 Å². The molecule has 1 N–H and O–H groups in total. The number of hydrogen-bond donors (Lipinski definition) is 1. The predicted molar refractivity (Wildman–Crippen MR) is 84.3 cm³/mol. The number of hydrogen-bond acceptors (Lipinski definition) is 3. The second-order valence-corrected chi connectivity index (χ2v) is 6.77. The first-order valence-electron chi connectivity index (χ1n) is 6.93. The van der Waals surface area contributed by atoms with Crippen LogP contribution in [0.15, 0.2) is 53.8 Å². The van der Waals surface area contributed by atoms with Crippen LogP contribution in [0.4, 0.5) is 0 Å². The van der Waals surface area contributed by atoms with Crippen LogP contribution in [0.5, 0.6) is 0 Å². The smallest absolute Gasteiger partial charge is 0.198 e. The Hall–Kier alpha value is -2.01. The highest BCUT2D eigenvalue weighted by molar-refractivity contribution is 7.85. The van der Waals surface area contributed by atoms with Gasteiger partial charge in [0.25, 0.3) is 0 Å². The molecule has 4 nitrogen and oxygen atoms in total. The molecule has 0 aliphatic heterocycles. The minimum absolute atomic E-state index is 0.174. The number of para-hydroxylation sites is 2. The molecule has 2 heterocycles. The summed E-state index contributed by atoms with van der Waals surface area (Å²) in [5, 5.41) is 0.340. The second kappa shape index (κ2) is 5.77. The van der Waals surface area contributed by atoms with Crippen molar-refractivity contribution in [2.45, 2.75) is 24.3 Å². The fourth-order valence-electron chi connectivity index (χ4n) is 2.39. The fraction of sp³-hybridized carbons (Fsp3) is 0.250. The Labute approximate surface area is 126 Å². The summed E-state index contributed by atoms with van der Waals surface area (Å²) in [5.41, 5.74) is 2.58. The molecule has 0 fully saturated rings. The zero-order valence-corrected chi connectivity index (χ0v) is 12.8. The first-order chi connectivity index (χ1) is 10.2. The lowest BCUT2D eigenvalue weighted by Gasteiger charge is -2.18. The van der Waals surface area contributed by atoms with Crippen LogP contribution in [0.1, 0.15) is 24.8 Å². The molecule has 0 aliphatic carbocycles. The summed E-state index contributed by atoms with van der Waals surface area (Å²) >= 11 is 0. The van der Waals surface area contributed by atoms with E-state index in [1.165, 1.54) is 0 Å². The molecule has 2 aromatic heterocycles. The van der Waals surface area contributed by atoms with Crippen molar-refractivity contribution in [1.29, 1.82) is 0 Å². The maximum Gasteiger partial charge on any atom is 0.198 e. The molecular weight excluding hydrogens is 282 g/mol. The summed E-state index contributed by atoms with van der Waals surface area (Å²) in [6.45, 7) is 4.11. The van der Waals surface area contributed by atoms with Crippen LogP contribution in [0.3, 0.4) is 0 Å². The quantitative estimate of drug-likeness (QED) is 0.802. The molecule has 0 spiro atoms. The van der Waals surface area contributed by atoms with Crippen LogP contribution in [0, 0.1) is 5.92 Å². The highest BCUT2D eigenvalue weighted by atomic mass is 32.2. The van der Waals surface area contributed by atoms with E-state index in [1.807, 2.05) is 42.5 Å². The van der Waals surface area contributed by atoms with Crippen molar-refractivity contribution in [2.75, 3.05) is 0 Å². The Balaban J connectivity index is 2.01. The van der Waals surface area contributed by atoms with Gasteiger partial charge in [-0.1, -0.05) is 32.0 Å². The lowest BCUT2D eigenvalue weighted by molar-refractivity contribution is 0.584. The van der Waals surface area contributed by atoms with Crippen molar-refractivity contribution >= 4 is 21.8 Å². The molecule has 2 unspecified atom stereocenters. The van der Waals surface area contributed by atoms with Crippen LogP contribution in [-0.4, -0.2) is 19.2 Å². The zero-order valence-electron chi connectivity index (χ0n) is 12.0. The Bertz CT molecular complexity index is 734. The van der Waals surface area contributed by atoms with Crippen LogP contribution in [0.2, 0.25) is 0 Å². The molecule has 3 rings (SSSR count). The van der Waals surface area contributed by atoms with Gasteiger partial charge in [0, 0.05) is 6.20 Å². The van der Waals surface area contributed by atoms with E-state index in [0.717, 1.165) is 16.7 Å². The van der Waals surface area contributed by atoms with Gasteiger partial charge < -0.3 is 4.98 Å². The number of aromatic amines is 1. The first kappa shape index (κ1) is 13.9. The number of aromatic nitrogens is 3. The van der Waals surface area contributed by atoms with Crippen molar-refractivity contribution in [3.8, 4) is 0 Å². The molecule has 2 atom stereocenters. The lowest BCUT2D eigenvalue weighted by atomic mass is 10.1. The standard InChI is InChI=1S/C16H17N3OS/c1-11(2)15(14-9-5-6-10-17-14)21(20)16-18-12-7-3-4-8-13(12)19-16/h3-11,15H,1-2H3,(H,18,19). The Morgan fingerprint density at radius 1 is 1.10 bits per heavy atom. The van der Waals surface area contributed by atoms with Crippen molar-refractivity contribution in [1.82, 2.24) is 15.0 Å². The van der Waals surface area contributed by atoms with Gasteiger partial charge in [0.05, 0.1) is 32.8 Å². The number of fused-ring (bicyclic) bond motifs is 1. The van der Waals surface area contributed by atoms with Gasteiger partial charge in [-0.3, -0.25) is 9.19 Å². The fourth-order valence-corrected chi connectivity index (χ4v) is 3.88. The van der Waals surface area contributed by atoms with Gasteiger partial charge in [0.1, 0.15) is 0 Å². The van der Waals surface area contributed by atoms with E-state index in [0.29, 0.717) is 5.16 Å². The molecule has 1 aromatic carbocycles. The summed E-state index contributed by atoms with van der Waals surface area (Å²) < 4.78 is 12.9. The number of pyridine rings is 1. The Morgan fingerprint density at radius 3 is 2.52 bits per heavy atom. The average Bonchev–Trinajstić information content (AvgIpc) is 2.92. The van der Waals surface area contributed by atoms with Gasteiger partial charge >= 0.3 is 0 Å². The topological polar surface area (TPSA) is 58.6 Å². The van der Waals surface area contributed by atoms with Gasteiger partial charge in [-0.15, -0.1) is 0 Å². The number of benzene rings is 1. The van der Waals surface area contributed by atoms with Gasteiger partial charge in [0.2, 0.25) is 0 Å². The maximum absolute atomic E-state index is 12.9. The third kappa shape index (κ3) is 2.74. The molecular formula is C16H17N3OS. The van der Waals surface area contributed by atoms with E-state index < -0.39 is 10.8 Å². The predicted octanol–water partition coefficient (Wildman–Crippen LogP) is 3.46. The molecule has 21 heavy (non-hydrogen) atoms. The van der Waals surface area contributed by atoms with E-state index in [-0.39, 0.29) is 11.2 Å². The van der Waals surface area contributed by atoms with E-state index >= 15 is 0 Å². The summed E-state index contributed by atoms with van der Waals surface area (Å²) in [6.07, 6.45) is 1.74. The first-order valence-corrected chi connectivity index (χ1v) is 8.14. The Kier molecular flexibility index (Phi) is 3.84. The molecule has 108 valence electrons. The van der Waals surface area contributed by atoms with Crippen molar-refractivity contribution in [2.24, 2.45) is 5.92 Å². The molecule has 0 radical (unpaired) electrons. The second-order valence-electron chi connectivity index (χ2n) is 5.28. The minimum atomic E-state index is -1.26. The summed E-state index contributed by atoms with van der Waals surface area (Å²) in [4.78, 5) is 12.0. The molecule has 0 saturated heterocycles. The van der Waals surface area contributed by atoms with Crippen LogP contribution < -0.4 is 0 Å². The van der Waals surface area contributed by atoms with Crippen LogP contribution >= 0.6 is 0 Å². The molecule has 0 aliphatic rings. The molecule has 0 saturated carbocycles. The maximum atomic E-state index is 12.9. The highest BCUT2D eigenvalue weighted by Gasteiger charge is 2.27. The number of nitrogens with zero attached hydrogens (tertiary/aromatic N) is 2. The van der Waals surface area contributed by atoms with Crippen LogP contribution in [0.25, 0.3) is 11.0 Å². The monoisotopic (exact) mass is 299 g/mol. The summed E-state index contributed by atoms with van der Waals surface area (Å²) in [6, 6.07) is 13.4. The minimum Gasteiger partial charge on any atom is -0.331 e. The summed E-state index contributed by atoms with van der Waals surface area (Å²) in [7, 11) is -1.26. The van der Waals surface area contributed by atoms with Gasteiger partial charge in [-0.2, -0.15) is 0 Å². The van der Waals surface area contributed by atoms with E-state index in [2.05, 4.69) is 28.8 Å². The normalized spacial score (nSPS) is 14.4. The molecule has 0 bridgehead atoms. The van der Waals surface area contributed by atoms with Crippen molar-refractivity contribution in [3.05, 3.63) is 54.4 Å². The third-order valence-electron chi connectivity index (χ3n) is 3.37. The van der Waals surface area contributed by atoms with E-state index in [1.54, 1.807) is 6.20 Å². The van der Waals surface area contributed by atoms with E-state index in [9.17, 15) is 4.21 Å². The number of H-pyrrole nitrogens is 1. The largest absolute Gasteiger partial charge is 0.331 e. The number of rotatable bonds is 4.